The van der Waals surface area contributed by atoms with Gasteiger partial charge in [-0.1, -0.05) is 5.21 Å². The molecule has 1 aromatic heterocycles. The van der Waals surface area contributed by atoms with Crippen molar-refractivity contribution >= 4 is 0 Å². The number of aliphatic hydroxyl groups is 1. The first kappa shape index (κ1) is 14.0. The maximum Gasteiger partial charge on any atom is 0.171 e. The minimum atomic E-state index is -0.289. The monoisotopic (exact) mass is 244 g/mol. The van der Waals surface area contributed by atoms with E-state index in [1.165, 1.54) is 0 Å². The Morgan fingerprint density at radius 2 is 2.18 bits per heavy atom. The van der Waals surface area contributed by atoms with Gasteiger partial charge in [0.15, 0.2) is 6.29 Å². The number of hydrogen-bond donors (Lipinski definition) is 2. The summed E-state index contributed by atoms with van der Waals surface area (Å²) in [5.41, 5.74) is 0.816. The molecule has 0 fully saturated rings. The first-order chi connectivity index (χ1) is 8.21. The molecule has 17 heavy (non-hydrogen) atoms. The van der Waals surface area contributed by atoms with Gasteiger partial charge in [0.25, 0.3) is 0 Å². The largest absolute Gasteiger partial charge is 0.394 e. The van der Waals surface area contributed by atoms with E-state index < -0.39 is 0 Å². The lowest BCUT2D eigenvalue weighted by atomic mass is 10.3. The molecule has 0 aliphatic carbocycles. The van der Waals surface area contributed by atoms with Crippen LogP contribution in [0.2, 0.25) is 0 Å². The first-order valence-electron chi connectivity index (χ1n) is 5.50. The molecule has 1 heterocycles. The Morgan fingerprint density at radius 1 is 1.47 bits per heavy atom. The van der Waals surface area contributed by atoms with Crippen LogP contribution in [-0.4, -0.2) is 53.3 Å². The molecular weight excluding hydrogens is 224 g/mol. The molecule has 0 aliphatic heterocycles. The van der Waals surface area contributed by atoms with Crippen molar-refractivity contribution < 1.29 is 14.6 Å². The standard InChI is InChI=1S/C10H20N4O3/c1-8(10(16-2)17-3)11-6-9-7-14(4-5-15)13-12-9/h7-8,10-11,15H,4-6H2,1-3H3. The van der Waals surface area contributed by atoms with E-state index in [0.717, 1.165) is 5.69 Å². The Hall–Kier alpha value is -1.02. The molecule has 0 spiro atoms. The second kappa shape index (κ2) is 7.33. The summed E-state index contributed by atoms with van der Waals surface area (Å²) in [5, 5.41) is 19.8. The van der Waals surface area contributed by atoms with E-state index in [9.17, 15) is 0 Å². The highest BCUT2D eigenvalue weighted by Crippen LogP contribution is 2.00. The number of ether oxygens (including phenoxy) is 2. The van der Waals surface area contributed by atoms with Crippen molar-refractivity contribution in [1.29, 1.82) is 0 Å². The summed E-state index contributed by atoms with van der Waals surface area (Å²) in [7, 11) is 3.20. The van der Waals surface area contributed by atoms with Crippen LogP contribution in [0.5, 0.6) is 0 Å². The summed E-state index contributed by atoms with van der Waals surface area (Å²) in [4.78, 5) is 0. The fourth-order valence-electron chi connectivity index (χ4n) is 1.50. The van der Waals surface area contributed by atoms with Gasteiger partial charge in [-0.05, 0) is 6.92 Å². The van der Waals surface area contributed by atoms with E-state index in [1.54, 1.807) is 25.1 Å². The number of aliphatic hydroxyl groups excluding tert-OH is 1. The van der Waals surface area contributed by atoms with Crippen LogP contribution in [0.3, 0.4) is 0 Å². The maximum absolute atomic E-state index is 8.75. The van der Waals surface area contributed by atoms with Crippen LogP contribution in [0.4, 0.5) is 0 Å². The lowest BCUT2D eigenvalue weighted by Gasteiger charge is -2.21. The average Bonchev–Trinajstić information content (AvgIpc) is 2.76. The summed E-state index contributed by atoms with van der Waals surface area (Å²) in [6.45, 7) is 3.06. The van der Waals surface area contributed by atoms with Gasteiger partial charge in [-0.25, -0.2) is 4.68 Å². The third kappa shape index (κ3) is 4.39. The Labute approximate surface area is 101 Å². The molecule has 0 aromatic carbocycles. The van der Waals surface area contributed by atoms with Gasteiger partial charge in [-0.2, -0.15) is 0 Å². The molecule has 2 N–H and O–H groups in total. The number of rotatable bonds is 8. The van der Waals surface area contributed by atoms with E-state index >= 15 is 0 Å². The molecule has 0 radical (unpaired) electrons. The van der Waals surface area contributed by atoms with Crippen molar-refractivity contribution in [3.63, 3.8) is 0 Å². The Balaban J connectivity index is 2.38. The van der Waals surface area contributed by atoms with Gasteiger partial charge in [-0.3, -0.25) is 0 Å². The van der Waals surface area contributed by atoms with Crippen LogP contribution in [0.1, 0.15) is 12.6 Å². The molecule has 0 saturated carbocycles. The van der Waals surface area contributed by atoms with Gasteiger partial charge in [-0.15, -0.1) is 5.10 Å². The van der Waals surface area contributed by atoms with Crippen LogP contribution in [0, 0.1) is 0 Å². The number of hydrogen-bond acceptors (Lipinski definition) is 6. The summed E-state index contributed by atoms with van der Waals surface area (Å²) < 4.78 is 11.9. The number of methoxy groups -OCH3 is 2. The number of aromatic nitrogens is 3. The van der Waals surface area contributed by atoms with Gasteiger partial charge in [0, 0.05) is 27.0 Å². The molecule has 7 nitrogen and oxygen atoms in total. The quantitative estimate of drug-likeness (QED) is 0.592. The molecule has 1 aromatic rings. The smallest absolute Gasteiger partial charge is 0.171 e. The summed E-state index contributed by atoms with van der Waals surface area (Å²) in [6, 6.07) is 0.0491. The maximum atomic E-state index is 8.75. The summed E-state index contributed by atoms with van der Waals surface area (Å²) >= 11 is 0. The molecule has 0 amide bonds. The predicted octanol–water partition coefficient (Wildman–Crippen LogP) is -0.633. The van der Waals surface area contributed by atoms with Gasteiger partial charge in [0.05, 0.1) is 24.9 Å². The highest BCUT2D eigenvalue weighted by atomic mass is 16.7. The molecule has 0 bridgehead atoms. The SMILES string of the molecule is COC(OC)C(C)NCc1cn(CCO)nn1. The summed E-state index contributed by atoms with van der Waals surface area (Å²) in [6.07, 6.45) is 1.51. The van der Waals surface area contributed by atoms with Gasteiger partial charge >= 0.3 is 0 Å². The molecule has 0 saturated heterocycles. The minimum absolute atomic E-state index is 0.0491. The molecule has 1 unspecified atom stereocenters. The second-order valence-electron chi connectivity index (χ2n) is 3.71. The third-order valence-electron chi connectivity index (χ3n) is 2.39. The molecule has 1 atom stereocenters. The first-order valence-corrected chi connectivity index (χ1v) is 5.50. The van der Waals surface area contributed by atoms with E-state index in [2.05, 4.69) is 15.6 Å². The molecule has 98 valence electrons. The zero-order chi connectivity index (χ0) is 12.7. The highest BCUT2D eigenvalue weighted by molar-refractivity contribution is 4.92. The van der Waals surface area contributed by atoms with E-state index in [1.807, 2.05) is 6.92 Å². The molecular formula is C10H20N4O3. The number of nitrogens with one attached hydrogen (secondary N) is 1. The van der Waals surface area contributed by atoms with Gasteiger partial charge in [0.1, 0.15) is 0 Å². The van der Waals surface area contributed by atoms with Crippen LogP contribution >= 0.6 is 0 Å². The van der Waals surface area contributed by atoms with Crippen molar-refractivity contribution in [2.75, 3.05) is 20.8 Å². The van der Waals surface area contributed by atoms with E-state index in [4.69, 9.17) is 14.6 Å². The van der Waals surface area contributed by atoms with Crippen LogP contribution in [0.25, 0.3) is 0 Å². The Morgan fingerprint density at radius 3 is 2.76 bits per heavy atom. The van der Waals surface area contributed by atoms with Gasteiger partial charge < -0.3 is 19.9 Å². The molecule has 0 aliphatic rings. The minimum Gasteiger partial charge on any atom is -0.394 e. The summed E-state index contributed by atoms with van der Waals surface area (Å²) in [5.74, 6) is 0. The number of nitrogens with zero attached hydrogens (tertiary/aromatic N) is 3. The van der Waals surface area contributed by atoms with Crippen molar-refractivity contribution in [2.45, 2.75) is 32.3 Å². The van der Waals surface area contributed by atoms with E-state index in [0.29, 0.717) is 13.1 Å². The van der Waals surface area contributed by atoms with Crippen LogP contribution in [0.15, 0.2) is 6.20 Å². The third-order valence-corrected chi connectivity index (χ3v) is 2.39. The topological polar surface area (TPSA) is 81.4 Å². The normalized spacial score (nSPS) is 13.2. The van der Waals surface area contributed by atoms with Crippen molar-refractivity contribution in [3.05, 3.63) is 11.9 Å². The zero-order valence-corrected chi connectivity index (χ0v) is 10.5. The zero-order valence-electron chi connectivity index (χ0n) is 10.5. The lowest BCUT2D eigenvalue weighted by Crippen LogP contribution is -2.39. The van der Waals surface area contributed by atoms with Crippen molar-refractivity contribution in [1.82, 2.24) is 20.3 Å². The predicted molar refractivity (Wildman–Crippen MR) is 61.2 cm³/mol. The fraction of sp³-hybridized carbons (Fsp3) is 0.800. The van der Waals surface area contributed by atoms with Crippen LogP contribution < -0.4 is 5.32 Å². The van der Waals surface area contributed by atoms with Gasteiger partial charge in [0.2, 0.25) is 0 Å². The fourth-order valence-corrected chi connectivity index (χ4v) is 1.50. The van der Waals surface area contributed by atoms with Crippen molar-refractivity contribution in [2.24, 2.45) is 0 Å². The average molecular weight is 244 g/mol. The molecule has 1 rings (SSSR count). The van der Waals surface area contributed by atoms with Crippen LogP contribution in [-0.2, 0) is 22.6 Å². The van der Waals surface area contributed by atoms with E-state index in [-0.39, 0.29) is 18.9 Å². The van der Waals surface area contributed by atoms with Crippen molar-refractivity contribution in [3.8, 4) is 0 Å². The molecule has 7 heteroatoms. The second-order valence-corrected chi connectivity index (χ2v) is 3.71. The lowest BCUT2D eigenvalue weighted by molar-refractivity contribution is -0.119. The Kier molecular flexibility index (Phi) is 6.06. The Bertz CT molecular complexity index is 314. The highest BCUT2D eigenvalue weighted by Gasteiger charge is 2.15.